The minimum Gasteiger partial charge on any atom is -0.490 e. The van der Waals surface area contributed by atoms with Crippen LogP contribution in [0.3, 0.4) is 0 Å². The molecule has 1 unspecified atom stereocenters. The van der Waals surface area contributed by atoms with Crippen molar-refractivity contribution in [2.45, 2.75) is 33.2 Å². The third-order valence-electron chi connectivity index (χ3n) is 3.65. The fraction of sp³-hybridized carbons (Fsp3) is 0.350. The zero-order valence-corrected chi connectivity index (χ0v) is 14.5. The van der Waals surface area contributed by atoms with Gasteiger partial charge in [0.25, 0.3) is 0 Å². The summed E-state index contributed by atoms with van der Waals surface area (Å²) in [7, 11) is 0. The Morgan fingerprint density at radius 3 is 2.33 bits per heavy atom. The van der Waals surface area contributed by atoms with E-state index in [1.54, 1.807) is 0 Å². The lowest BCUT2D eigenvalue weighted by Gasteiger charge is -2.15. The van der Waals surface area contributed by atoms with Crippen molar-refractivity contribution in [3.63, 3.8) is 0 Å². The fourth-order valence-corrected chi connectivity index (χ4v) is 2.51. The van der Waals surface area contributed by atoms with Crippen LogP contribution in [0.2, 0.25) is 0 Å². The van der Waals surface area contributed by atoms with Crippen LogP contribution < -0.4 is 14.8 Å². The standard InChI is InChI=1S/C20H25NO3/c1-4-23-18-12-11-16(13-19(18)24-5-2)14-20(22)21-15(3)17-9-7-6-8-10-17/h6-13,15H,4-5,14H2,1-3H3,(H,21,22). The Kier molecular flexibility index (Phi) is 6.67. The van der Waals surface area contributed by atoms with Crippen LogP contribution in [0.1, 0.15) is 37.9 Å². The van der Waals surface area contributed by atoms with Crippen LogP contribution in [0, 0.1) is 0 Å². The number of benzene rings is 2. The van der Waals surface area contributed by atoms with E-state index in [-0.39, 0.29) is 11.9 Å². The predicted molar refractivity (Wildman–Crippen MR) is 95.5 cm³/mol. The van der Waals surface area contributed by atoms with Gasteiger partial charge in [0.15, 0.2) is 11.5 Å². The van der Waals surface area contributed by atoms with Gasteiger partial charge >= 0.3 is 0 Å². The van der Waals surface area contributed by atoms with Gasteiger partial charge in [-0.15, -0.1) is 0 Å². The zero-order chi connectivity index (χ0) is 17.4. The first-order chi connectivity index (χ1) is 11.6. The second-order valence-corrected chi connectivity index (χ2v) is 5.52. The molecule has 0 aliphatic rings. The Labute approximate surface area is 143 Å². The quantitative estimate of drug-likeness (QED) is 0.800. The summed E-state index contributed by atoms with van der Waals surface area (Å²) in [5, 5.41) is 3.02. The van der Waals surface area contributed by atoms with Crippen LogP contribution >= 0.6 is 0 Å². The van der Waals surface area contributed by atoms with Gasteiger partial charge in [0.2, 0.25) is 5.91 Å². The van der Waals surface area contributed by atoms with Crippen molar-refractivity contribution in [2.24, 2.45) is 0 Å². The van der Waals surface area contributed by atoms with Crippen LogP contribution in [-0.4, -0.2) is 19.1 Å². The molecule has 2 aromatic rings. The summed E-state index contributed by atoms with van der Waals surface area (Å²) < 4.78 is 11.2. The van der Waals surface area contributed by atoms with Crippen molar-refractivity contribution < 1.29 is 14.3 Å². The molecule has 0 aromatic heterocycles. The average Bonchev–Trinajstić information content (AvgIpc) is 2.58. The Bertz CT molecular complexity index is 655. The van der Waals surface area contributed by atoms with Gasteiger partial charge in [-0.3, -0.25) is 4.79 Å². The maximum absolute atomic E-state index is 12.3. The highest BCUT2D eigenvalue weighted by Gasteiger charge is 2.12. The van der Waals surface area contributed by atoms with Crippen LogP contribution in [0.25, 0.3) is 0 Å². The Balaban J connectivity index is 2.01. The number of hydrogen-bond acceptors (Lipinski definition) is 3. The second kappa shape index (κ2) is 8.96. The molecule has 0 bridgehead atoms. The van der Waals surface area contributed by atoms with Crippen molar-refractivity contribution in [2.75, 3.05) is 13.2 Å². The molecule has 1 amide bonds. The smallest absolute Gasteiger partial charge is 0.224 e. The molecule has 4 heteroatoms. The highest BCUT2D eigenvalue weighted by molar-refractivity contribution is 5.79. The summed E-state index contributed by atoms with van der Waals surface area (Å²) in [5.41, 5.74) is 1.99. The molecule has 0 saturated carbocycles. The minimum absolute atomic E-state index is 0.0158. The molecule has 24 heavy (non-hydrogen) atoms. The number of amides is 1. The van der Waals surface area contributed by atoms with E-state index in [0.717, 1.165) is 11.1 Å². The van der Waals surface area contributed by atoms with E-state index in [2.05, 4.69) is 5.32 Å². The molecular weight excluding hydrogens is 302 g/mol. The highest BCUT2D eigenvalue weighted by Crippen LogP contribution is 2.28. The number of carbonyl (C=O) groups excluding carboxylic acids is 1. The highest BCUT2D eigenvalue weighted by atomic mass is 16.5. The second-order valence-electron chi connectivity index (χ2n) is 5.52. The molecule has 2 aromatic carbocycles. The van der Waals surface area contributed by atoms with E-state index in [1.165, 1.54) is 0 Å². The average molecular weight is 327 g/mol. The number of hydrogen-bond donors (Lipinski definition) is 1. The van der Waals surface area contributed by atoms with E-state index in [1.807, 2.05) is 69.3 Å². The van der Waals surface area contributed by atoms with E-state index < -0.39 is 0 Å². The summed E-state index contributed by atoms with van der Waals surface area (Å²) in [4.78, 5) is 12.3. The Morgan fingerprint density at radius 1 is 1.00 bits per heavy atom. The van der Waals surface area contributed by atoms with Crippen molar-refractivity contribution in [1.82, 2.24) is 5.32 Å². The molecule has 0 fully saturated rings. The maximum Gasteiger partial charge on any atom is 0.224 e. The van der Waals surface area contributed by atoms with E-state index in [4.69, 9.17) is 9.47 Å². The third kappa shape index (κ3) is 5.01. The molecule has 1 atom stereocenters. The lowest BCUT2D eigenvalue weighted by molar-refractivity contribution is -0.121. The molecule has 0 radical (unpaired) electrons. The molecule has 1 N–H and O–H groups in total. The first-order valence-corrected chi connectivity index (χ1v) is 8.36. The van der Waals surface area contributed by atoms with Crippen molar-refractivity contribution in [3.8, 4) is 11.5 Å². The first-order valence-electron chi connectivity index (χ1n) is 8.36. The Hall–Kier alpha value is -2.49. The fourth-order valence-electron chi connectivity index (χ4n) is 2.51. The van der Waals surface area contributed by atoms with Gasteiger partial charge in [-0.2, -0.15) is 0 Å². The van der Waals surface area contributed by atoms with E-state index in [0.29, 0.717) is 31.1 Å². The SMILES string of the molecule is CCOc1ccc(CC(=O)NC(C)c2ccccc2)cc1OCC. The van der Waals surface area contributed by atoms with Crippen LogP contribution in [-0.2, 0) is 11.2 Å². The van der Waals surface area contributed by atoms with Gasteiger partial charge in [-0.05, 0) is 44.0 Å². The molecular formula is C20H25NO3. The van der Waals surface area contributed by atoms with Crippen LogP contribution in [0.4, 0.5) is 0 Å². The van der Waals surface area contributed by atoms with Crippen molar-refractivity contribution >= 4 is 5.91 Å². The predicted octanol–water partition coefficient (Wildman–Crippen LogP) is 3.90. The molecule has 4 nitrogen and oxygen atoms in total. The molecule has 0 saturated heterocycles. The number of carbonyl (C=O) groups is 1. The third-order valence-corrected chi connectivity index (χ3v) is 3.65. The largest absolute Gasteiger partial charge is 0.490 e. The van der Waals surface area contributed by atoms with Crippen molar-refractivity contribution in [3.05, 3.63) is 59.7 Å². The van der Waals surface area contributed by atoms with E-state index in [9.17, 15) is 4.79 Å². The summed E-state index contributed by atoms with van der Waals surface area (Å²) in [6, 6.07) is 15.5. The van der Waals surface area contributed by atoms with Gasteiger partial charge < -0.3 is 14.8 Å². The van der Waals surface area contributed by atoms with Gasteiger partial charge in [0.1, 0.15) is 0 Å². The lowest BCUT2D eigenvalue weighted by atomic mass is 10.1. The van der Waals surface area contributed by atoms with Gasteiger partial charge in [-0.1, -0.05) is 36.4 Å². The molecule has 0 aliphatic heterocycles. The molecule has 0 heterocycles. The maximum atomic E-state index is 12.3. The van der Waals surface area contributed by atoms with Gasteiger partial charge in [-0.25, -0.2) is 0 Å². The van der Waals surface area contributed by atoms with Gasteiger partial charge in [0.05, 0.1) is 25.7 Å². The van der Waals surface area contributed by atoms with Crippen molar-refractivity contribution in [1.29, 1.82) is 0 Å². The molecule has 0 aliphatic carbocycles. The molecule has 128 valence electrons. The normalized spacial score (nSPS) is 11.6. The number of nitrogens with one attached hydrogen (secondary N) is 1. The summed E-state index contributed by atoms with van der Waals surface area (Å²) in [6.45, 7) is 6.98. The van der Waals surface area contributed by atoms with E-state index >= 15 is 0 Å². The monoisotopic (exact) mass is 327 g/mol. The topological polar surface area (TPSA) is 47.6 Å². The molecule has 2 rings (SSSR count). The summed E-state index contributed by atoms with van der Waals surface area (Å²) in [5.74, 6) is 1.37. The zero-order valence-electron chi connectivity index (χ0n) is 14.5. The summed E-state index contributed by atoms with van der Waals surface area (Å²) in [6.07, 6.45) is 0.309. The minimum atomic E-state index is -0.0206. The van der Waals surface area contributed by atoms with Crippen LogP contribution in [0.5, 0.6) is 11.5 Å². The molecule has 0 spiro atoms. The lowest BCUT2D eigenvalue weighted by Crippen LogP contribution is -2.28. The van der Waals surface area contributed by atoms with Crippen LogP contribution in [0.15, 0.2) is 48.5 Å². The number of rotatable bonds is 8. The number of ether oxygens (including phenoxy) is 2. The Morgan fingerprint density at radius 2 is 1.67 bits per heavy atom. The summed E-state index contributed by atoms with van der Waals surface area (Å²) >= 11 is 0. The van der Waals surface area contributed by atoms with Gasteiger partial charge in [0, 0.05) is 0 Å². The first kappa shape index (κ1) is 17.9.